The molecule has 72 valence electrons. The fraction of sp³-hybridized carbons (Fsp3) is 0.250. The van der Waals surface area contributed by atoms with Gasteiger partial charge in [-0.2, -0.15) is 13.2 Å². The Morgan fingerprint density at radius 1 is 1.31 bits per heavy atom. The Morgan fingerprint density at radius 2 is 1.92 bits per heavy atom. The zero-order chi connectivity index (χ0) is 10.1. The first-order valence-electron chi connectivity index (χ1n) is 3.39. The summed E-state index contributed by atoms with van der Waals surface area (Å²) in [7, 11) is 0. The highest BCUT2D eigenvalue weighted by Crippen LogP contribution is 2.36. The number of thioether (sulfide) groups is 1. The predicted molar refractivity (Wildman–Crippen MR) is 50.5 cm³/mol. The molecule has 0 unspecified atom stereocenters. The van der Waals surface area contributed by atoms with Crippen LogP contribution in [0.2, 0.25) is 0 Å². The zero-order valence-corrected chi connectivity index (χ0v) is 8.43. The van der Waals surface area contributed by atoms with Crippen LogP contribution in [0.25, 0.3) is 0 Å². The second kappa shape index (κ2) is 3.84. The van der Waals surface area contributed by atoms with Crippen molar-refractivity contribution in [2.24, 2.45) is 0 Å². The van der Waals surface area contributed by atoms with E-state index in [2.05, 4.69) is 12.6 Å². The van der Waals surface area contributed by atoms with Gasteiger partial charge in [0.15, 0.2) is 0 Å². The molecule has 13 heavy (non-hydrogen) atoms. The molecule has 0 fully saturated rings. The number of rotatable bonds is 1. The summed E-state index contributed by atoms with van der Waals surface area (Å²) in [5.74, 6) is 0. The zero-order valence-electron chi connectivity index (χ0n) is 6.72. The summed E-state index contributed by atoms with van der Waals surface area (Å²) in [5.41, 5.74) is -0.618. The Kier molecular flexibility index (Phi) is 3.18. The second-order valence-electron chi connectivity index (χ2n) is 2.38. The number of halogens is 3. The first-order chi connectivity index (χ1) is 5.95. The molecule has 0 N–H and O–H groups in total. The summed E-state index contributed by atoms with van der Waals surface area (Å²) < 4.78 is 37.1. The van der Waals surface area contributed by atoms with E-state index in [-0.39, 0.29) is 4.90 Å². The van der Waals surface area contributed by atoms with E-state index in [4.69, 9.17) is 0 Å². The summed E-state index contributed by atoms with van der Waals surface area (Å²) in [6.45, 7) is 0. The highest BCUT2D eigenvalue weighted by molar-refractivity contribution is 7.98. The van der Waals surface area contributed by atoms with E-state index in [1.54, 1.807) is 12.3 Å². The Hall–Kier alpha value is -0.290. The smallest absolute Gasteiger partial charge is 0.166 e. The van der Waals surface area contributed by atoms with Crippen LogP contribution < -0.4 is 0 Å². The molecule has 5 heteroatoms. The fourth-order valence-electron chi connectivity index (χ4n) is 0.917. The molecule has 0 radical (unpaired) electrons. The molecule has 0 aliphatic rings. The Balaban J connectivity index is 3.24. The third kappa shape index (κ3) is 2.57. The SMILES string of the molecule is CSc1ccc(S)cc1C(F)(F)F. The third-order valence-electron chi connectivity index (χ3n) is 1.49. The maximum Gasteiger partial charge on any atom is 0.417 e. The average molecular weight is 224 g/mol. The molecule has 1 rings (SSSR count). The van der Waals surface area contributed by atoms with Gasteiger partial charge in [0.25, 0.3) is 0 Å². The van der Waals surface area contributed by atoms with Crippen LogP contribution in [0.4, 0.5) is 13.2 Å². The van der Waals surface area contributed by atoms with Gasteiger partial charge in [0.05, 0.1) is 5.56 Å². The third-order valence-corrected chi connectivity index (χ3v) is 2.56. The molecule has 1 aromatic carbocycles. The van der Waals surface area contributed by atoms with Crippen molar-refractivity contribution in [1.82, 2.24) is 0 Å². The van der Waals surface area contributed by atoms with Gasteiger partial charge in [-0.05, 0) is 24.5 Å². The lowest BCUT2D eigenvalue weighted by molar-refractivity contribution is -0.139. The van der Waals surface area contributed by atoms with Crippen LogP contribution in [0.1, 0.15) is 5.56 Å². The number of thiol groups is 1. The molecule has 0 atom stereocenters. The quantitative estimate of drug-likeness (QED) is 0.560. The molecule has 0 spiro atoms. The molecule has 0 aromatic heterocycles. The first-order valence-corrected chi connectivity index (χ1v) is 5.06. The molecular weight excluding hydrogens is 217 g/mol. The highest BCUT2D eigenvalue weighted by Gasteiger charge is 2.33. The molecule has 0 nitrogen and oxygen atoms in total. The summed E-state index contributed by atoms with van der Waals surface area (Å²) >= 11 is 4.94. The number of alkyl halides is 3. The van der Waals surface area contributed by atoms with E-state index in [0.717, 1.165) is 17.8 Å². The van der Waals surface area contributed by atoms with Crippen molar-refractivity contribution < 1.29 is 13.2 Å². The van der Waals surface area contributed by atoms with Crippen molar-refractivity contribution >= 4 is 24.4 Å². The van der Waals surface area contributed by atoms with E-state index < -0.39 is 11.7 Å². The van der Waals surface area contributed by atoms with Gasteiger partial charge in [-0.25, -0.2) is 0 Å². The molecule has 0 saturated heterocycles. The minimum atomic E-state index is -4.29. The Bertz CT molecular complexity index is 307. The lowest BCUT2D eigenvalue weighted by Crippen LogP contribution is -2.06. The second-order valence-corrected chi connectivity index (χ2v) is 3.75. The van der Waals surface area contributed by atoms with Crippen LogP contribution in [0.15, 0.2) is 28.0 Å². The van der Waals surface area contributed by atoms with Gasteiger partial charge < -0.3 is 0 Å². The maximum atomic E-state index is 12.4. The van der Waals surface area contributed by atoms with Crippen molar-refractivity contribution in [1.29, 1.82) is 0 Å². The normalized spacial score (nSPS) is 11.8. The number of benzene rings is 1. The lowest BCUT2D eigenvalue weighted by Gasteiger charge is -2.11. The Morgan fingerprint density at radius 3 is 2.38 bits per heavy atom. The van der Waals surface area contributed by atoms with Crippen LogP contribution in [0, 0.1) is 0 Å². The predicted octanol–water partition coefficient (Wildman–Crippen LogP) is 3.72. The average Bonchev–Trinajstić information content (AvgIpc) is 2.03. The van der Waals surface area contributed by atoms with Gasteiger partial charge in [-0.1, -0.05) is 0 Å². The van der Waals surface area contributed by atoms with E-state index in [0.29, 0.717) is 4.90 Å². The van der Waals surface area contributed by atoms with Crippen molar-refractivity contribution in [2.75, 3.05) is 6.26 Å². The molecular formula is C8H7F3S2. The molecule has 0 amide bonds. The summed E-state index contributed by atoms with van der Waals surface area (Å²) in [6, 6.07) is 4.01. The lowest BCUT2D eigenvalue weighted by atomic mass is 10.2. The van der Waals surface area contributed by atoms with Crippen molar-refractivity contribution in [3.8, 4) is 0 Å². The van der Waals surface area contributed by atoms with Crippen molar-refractivity contribution in [3.05, 3.63) is 23.8 Å². The van der Waals surface area contributed by atoms with Gasteiger partial charge >= 0.3 is 6.18 Å². The van der Waals surface area contributed by atoms with Gasteiger partial charge in [0.2, 0.25) is 0 Å². The van der Waals surface area contributed by atoms with Crippen molar-refractivity contribution in [2.45, 2.75) is 16.0 Å². The van der Waals surface area contributed by atoms with Gasteiger partial charge in [0.1, 0.15) is 0 Å². The van der Waals surface area contributed by atoms with E-state index in [9.17, 15) is 13.2 Å². The minimum Gasteiger partial charge on any atom is -0.166 e. The molecule has 0 aliphatic heterocycles. The topological polar surface area (TPSA) is 0 Å². The van der Waals surface area contributed by atoms with Gasteiger partial charge in [-0.15, -0.1) is 24.4 Å². The van der Waals surface area contributed by atoms with E-state index in [1.165, 1.54) is 6.07 Å². The largest absolute Gasteiger partial charge is 0.417 e. The van der Waals surface area contributed by atoms with Crippen LogP contribution in [-0.4, -0.2) is 6.26 Å². The van der Waals surface area contributed by atoms with Crippen LogP contribution in [0.3, 0.4) is 0 Å². The molecule has 0 bridgehead atoms. The van der Waals surface area contributed by atoms with Crippen LogP contribution >= 0.6 is 24.4 Å². The van der Waals surface area contributed by atoms with Crippen LogP contribution in [-0.2, 0) is 6.18 Å². The molecule has 0 saturated carbocycles. The first kappa shape index (κ1) is 10.8. The van der Waals surface area contributed by atoms with E-state index >= 15 is 0 Å². The van der Waals surface area contributed by atoms with Gasteiger partial charge in [0, 0.05) is 9.79 Å². The molecule has 0 heterocycles. The highest BCUT2D eigenvalue weighted by atomic mass is 32.2. The minimum absolute atomic E-state index is 0.227. The number of hydrogen-bond acceptors (Lipinski definition) is 2. The fourth-order valence-corrected chi connectivity index (χ4v) is 1.72. The Labute approximate surface area is 83.9 Å². The summed E-state index contributed by atoms with van der Waals surface area (Å²) in [4.78, 5) is 0.551. The summed E-state index contributed by atoms with van der Waals surface area (Å²) in [5, 5.41) is 0. The molecule has 1 aromatic rings. The van der Waals surface area contributed by atoms with E-state index in [1.807, 2.05) is 0 Å². The van der Waals surface area contributed by atoms with Gasteiger partial charge in [-0.3, -0.25) is 0 Å². The standard InChI is InChI=1S/C8H7F3S2/c1-13-7-3-2-5(12)4-6(7)8(9,10)11/h2-4,12H,1H3. The molecule has 0 aliphatic carbocycles. The monoisotopic (exact) mass is 224 g/mol. The summed E-state index contributed by atoms with van der Waals surface area (Å²) in [6.07, 6.45) is -2.68. The van der Waals surface area contributed by atoms with Crippen LogP contribution in [0.5, 0.6) is 0 Å². The maximum absolute atomic E-state index is 12.4. The number of hydrogen-bond donors (Lipinski definition) is 1. The van der Waals surface area contributed by atoms with Crippen molar-refractivity contribution in [3.63, 3.8) is 0 Å².